The van der Waals surface area contributed by atoms with Gasteiger partial charge in [-0.15, -0.1) is 0 Å². The summed E-state index contributed by atoms with van der Waals surface area (Å²) in [7, 11) is 0.301. The third-order valence-corrected chi connectivity index (χ3v) is 17.7. The van der Waals surface area contributed by atoms with Gasteiger partial charge >= 0.3 is 0 Å². The Kier molecular flexibility index (Phi) is 2.18. The second-order valence-corrected chi connectivity index (χ2v) is 19.0. The lowest BCUT2D eigenvalue weighted by molar-refractivity contribution is 0.537. The van der Waals surface area contributed by atoms with Crippen LogP contribution in [0.1, 0.15) is 12.8 Å². The molecule has 4 heteroatoms. The highest BCUT2D eigenvalue weighted by Crippen LogP contribution is 2.47. The molecule has 0 aliphatic heterocycles. The molecule has 1 fully saturated rings. The van der Waals surface area contributed by atoms with Crippen molar-refractivity contribution in [2.45, 2.75) is 18.4 Å². The minimum Gasteiger partial charge on any atom is -0.438 e. The molecule has 0 radical (unpaired) electrons. The molecule has 1 nitrogen and oxygen atoms in total. The van der Waals surface area contributed by atoms with Crippen LogP contribution in [0.2, 0.25) is 5.54 Å². The Bertz CT molecular complexity index is 183. The summed E-state index contributed by atoms with van der Waals surface area (Å²) < 4.78 is 0. The lowest BCUT2D eigenvalue weighted by Crippen LogP contribution is -2.31. The van der Waals surface area contributed by atoms with E-state index >= 15 is 0 Å². The molecule has 2 bridgehead atoms. The minimum absolute atomic E-state index is 0.0878. The van der Waals surface area contributed by atoms with Crippen LogP contribution >= 0.6 is 0 Å². The smallest absolute Gasteiger partial charge is 0.153 e. The highest BCUT2D eigenvalue weighted by Gasteiger charge is 2.39. The molecule has 4 atom stereocenters. The lowest BCUT2D eigenvalue weighted by Gasteiger charge is -2.21. The third kappa shape index (κ3) is 1.32. The zero-order chi connectivity index (χ0) is 7.84. The molecule has 2 rings (SSSR count). The first-order chi connectivity index (χ1) is 5.31. The highest BCUT2D eigenvalue weighted by atomic mass is 29.5. The van der Waals surface area contributed by atoms with Gasteiger partial charge in [-0.05, 0) is 40.0 Å². The summed E-state index contributed by atoms with van der Waals surface area (Å²) in [5.74, 6) is 1.69. The summed E-state index contributed by atoms with van der Waals surface area (Å²) in [5, 5.41) is 0. The molecule has 1 N–H and O–H groups in total. The van der Waals surface area contributed by atoms with E-state index in [-0.39, 0.29) is 8.55 Å². The lowest BCUT2D eigenvalue weighted by atomic mass is 10.1. The van der Waals surface area contributed by atoms with Gasteiger partial charge in [0.15, 0.2) is 8.56 Å². The van der Waals surface area contributed by atoms with Crippen molar-refractivity contribution in [3.63, 3.8) is 0 Å². The number of rotatable bonds is 2. The molecule has 0 heterocycles. The Morgan fingerprint density at radius 2 is 2.27 bits per heavy atom. The summed E-state index contributed by atoms with van der Waals surface area (Å²) in [4.78, 5) is 9.88. The number of fused-ring (bicyclic) bond motifs is 2. The Balaban J connectivity index is 2.02. The predicted molar refractivity (Wildman–Crippen MR) is 57.0 cm³/mol. The second-order valence-electron chi connectivity index (χ2n) is 3.92. The van der Waals surface area contributed by atoms with Crippen molar-refractivity contribution in [2.75, 3.05) is 0 Å². The Morgan fingerprint density at radius 3 is 2.73 bits per heavy atom. The molecule has 2 aliphatic rings. The molecule has 0 spiro atoms. The van der Waals surface area contributed by atoms with E-state index in [9.17, 15) is 4.80 Å². The van der Waals surface area contributed by atoms with E-state index in [2.05, 4.69) is 12.2 Å². The normalized spacial score (nSPS) is 44.6. The maximum atomic E-state index is 9.88. The Labute approximate surface area is 74.4 Å². The van der Waals surface area contributed by atoms with E-state index in [1.165, 1.54) is 22.6 Å². The zero-order valence-electron chi connectivity index (χ0n) is 7.03. The van der Waals surface area contributed by atoms with Crippen LogP contribution in [0, 0.1) is 11.8 Å². The van der Waals surface area contributed by atoms with E-state index in [4.69, 9.17) is 0 Å². The maximum Gasteiger partial charge on any atom is 0.153 e. The number of allylic oxidation sites excluding steroid dienone is 2. The maximum absolute atomic E-state index is 9.88. The summed E-state index contributed by atoms with van der Waals surface area (Å²) >= 11 is 0. The topological polar surface area (TPSA) is 20.2 Å². The van der Waals surface area contributed by atoms with Gasteiger partial charge in [0.05, 0.1) is 0 Å². The van der Waals surface area contributed by atoms with Crippen molar-refractivity contribution in [3.8, 4) is 0 Å². The average molecular weight is 200 g/mol. The molecule has 1 saturated carbocycles. The van der Waals surface area contributed by atoms with Gasteiger partial charge in [-0.3, -0.25) is 0 Å². The largest absolute Gasteiger partial charge is 0.438 e. The monoisotopic (exact) mass is 200 g/mol. The Morgan fingerprint density at radius 1 is 1.45 bits per heavy atom. The van der Waals surface area contributed by atoms with Crippen LogP contribution in [0.25, 0.3) is 0 Å². The van der Waals surface area contributed by atoms with Gasteiger partial charge in [0.1, 0.15) is 0 Å². The van der Waals surface area contributed by atoms with Crippen LogP contribution < -0.4 is 0 Å². The van der Waals surface area contributed by atoms with Gasteiger partial charge < -0.3 is 4.80 Å². The molecule has 11 heavy (non-hydrogen) atoms. The van der Waals surface area contributed by atoms with E-state index in [1.807, 2.05) is 0 Å². The Hall–Kier alpha value is 0.351. The highest BCUT2D eigenvalue weighted by molar-refractivity contribution is 7.29. The van der Waals surface area contributed by atoms with E-state index in [0.717, 1.165) is 17.4 Å². The van der Waals surface area contributed by atoms with Crippen molar-refractivity contribution in [3.05, 3.63) is 12.2 Å². The molecule has 0 aromatic carbocycles. The van der Waals surface area contributed by atoms with Gasteiger partial charge in [0.25, 0.3) is 0 Å². The van der Waals surface area contributed by atoms with Gasteiger partial charge in [-0.2, -0.15) is 0 Å². The van der Waals surface area contributed by atoms with Crippen molar-refractivity contribution in [1.82, 2.24) is 0 Å². The summed E-state index contributed by atoms with van der Waals surface area (Å²) in [6.07, 6.45) is 7.48. The van der Waals surface area contributed by atoms with Crippen LogP contribution in [-0.2, 0) is 0 Å². The molecule has 4 unspecified atom stereocenters. The number of hydrogen-bond acceptors (Lipinski definition) is 1. The molecular formula is C7H16OSi3. The fourth-order valence-electron chi connectivity index (χ4n) is 2.57. The molecular weight excluding hydrogens is 184 g/mol. The number of hydrogen-bond donors (Lipinski definition) is 1. The summed E-state index contributed by atoms with van der Waals surface area (Å²) in [6, 6.07) is 0. The second kappa shape index (κ2) is 3.01. The van der Waals surface area contributed by atoms with Crippen LogP contribution in [0.5, 0.6) is 0 Å². The van der Waals surface area contributed by atoms with Crippen molar-refractivity contribution in [2.24, 2.45) is 11.8 Å². The fraction of sp³-hybridized carbons (Fsp3) is 0.714. The first-order valence-corrected chi connectivity index (χ1v) is 14.8. The molecule has 0 aromatic heterocycles. The molecule has 0 aromatic rings. The predicted octanol–water partition coefficient (Wildman–Crippen LogP) is -1.39. The quantitative estimate of drug-likeness (QED) is 0.430. The third-order valence-electron chi connectivity index (χ3n) is 3.24. The van der Waals surface area contributed by atoms with E-state index in [0.29, 0.717) is 0 Å². The van der Waals surface area contributed by atoms with Gasteiger partial charge in [0.2, 0.25) is 0 Å². The first kappa shape index (κ1) is 7.97. The van der Waals surface area contributed by atoms with Gasteiger partial charge in [0, 0.05) is 8.55 Å². The average Bonchev–Trinajstić information content (AvgIpc) is 2.62. The van der Waals surface area contributed by atoms with Crippen molar-refractivity contribution in [1.29, 1.82) is 0 Å². The van der Waals surface area contributed by atoms with Gasteiger partial charge in [-0.25, -0.2) is 0 Å². The van der Waals surface area contributed by atoms with Crippen LogP contribution in [0.15, 0.2) is 12.2 Å². The van der Waals surface area contributed by atoms with Crippen molar-refractivity contribution >= 4 is 26.9 Å². The van der Waals surface area contributed by atoms with Crippen LogP contribution in [-0.4, -0.2) is 31.7 Å². The van der Waals surface area contributed by atoms with Crippen molar-refractivity contribution < 1.29 is 4.80 Å². The molecule has 62 valence electrons. The van der Waals surface area contributed by atoms with Crippen LogP contribution in [0.4, 0.5) is 0 Å². The zero-order valence-corrected chi connectivity index (χ0v) is 11.6. The van der Waals surface area contributed by atoms with E-state index < -0.39 is 8.56 Å². The standard InChI is InChI=1S/C7H16OSi3/c8-11(10-9)7-4-5-1-2-6(7)3-5/h1-2,5-8,11H,3-4,10H2,9H3. The SMILES string of the molecule is O[SiH]([SiH2][SiH3])C1CC2C=CC1C2. The fourth-order valence-corrected chi connectivity index (χ4v) is 13.6. The minimum atomic E-state index is -1.13. The molecule has 0 amide bonds. The molecule has 0 saturated heterocycles. The van der Waals surface area contributed by atoms with Crippen LogP contribution in [0.3, 0.4) is 0 Å². The van der Waals surface area contributed by atoms with E-state index in [1.54, 1.807) is 0 Å². The molecule has 2 aliphatic carbocycles. The van der Waals surface area contributed by atoms with Gasteiger partial charge in [-0.1, -0.05) is 12.2 Å². The summed E-state index contributed by atoms with van der Waals surface area (Å²) in [6.45, 7) is 0. The summed E-state index contributed by atoms with van der Waals surface area (Å²) in [5.41, 5.74) is 0.814. The first-order valence-electron chi connectivity index (χ1n) is 4.67.